The van der Waals surface area contributed by atoms with E-state index in [4.69, 9.17) is 33.2 Å². The average molecular weight is 490 g/mol. The lowest BCUT2D eigenvalue weighted by molar-refractivity contribution is -0.237. The third kappa shape index (κ3) is 6.43. The molecule has 0 saturated carbocycles. The highest BCUT2D eigenvalue weighted by Gasteiger charge is 2.54. The second-order valence-corrected chi connectivity index (χ2v) is 9.09. The second-order valence-electron chi connectivity index (χ2n) is 7.75. The number of carbonyl (C=O) groups excluding carboxylic acids is 5. The van der Waals surface area contributed by atoms with Crippen LogP contribution in [-0.4, -0.2) is 90.4 Å². The van der Waals surface area contributed by atoms with Crippen molar-refractivity contribution in [2.24, 2.45) is 0 Å². The third-order valence-electron chi connectivity index (χ3n) is 5.05. The Hall–Kier alpha value is -2.22. The van der Waals surface area contributed by atoms with Crippen molar-refractivity contribution in [1.82, 2.24) is 0 Å². The van der Waals surface area contributed by atoms with Crippen molar-refractivity contribution in [2.75, 3.05) is 13.2 Å². The quantitative estimate of drug-likeness (QED) is 0.345. The van der Waals surface area contributed by atoms with Gasteiger partial charge < -0.3 is 33.2 Å². The first-order chi connectivity index (χ1) is 15.5. The van der Waals surface area contributed by atoms with E-state index in [0.717, 1.165) is 25.6 Å². The van der Waals surface area contributed by atoms with Crippen LogP contribution in [0.4, 0.5) is 0 Å². The molecule has 3 rings (SSSR count). The summed E-state index contributed by atoms with van der Waals surface area (Å²) in [5.41, 5.74) is -0.968. The Morgan fingerprint density at radius 3 is 2.09 bits per heavy atom. The lowest BCUT2D eigenvalue weighted by Crippen LogP contribution is -2.62. The van der Waals surface area contributed by atoms with E-state index in [1.807, 2.05) is 0 Å². The van der Waals surface area contributed by atoms with Crippen LogP contribution in [0.5, 0.6) is 0 Å². The maximum Gasteiger partial charge on any atom is 0.303 e. The molecule has 3 aliphatic heterocycles. The smallest absolute Gasteiger partial charge is 0.303 e. The molecule has 0 unspecified atom stereocenters. The van der Waals surface area contributed by atoms with Gasteiger partial charge in [0.15, 0.2) is 24.1 Å². The van der Waals surface area contributed by atoms with Gasteiger partial charge in [0.25, 0.3) is 0 Å². The van der Waals surface area contributed by atoms with E-state index in [1.54, 1.807) is 0 Å². The zero-order valence-corrected chi connectivity index (χ0v) is 19.4. The Kier molecular flexibility index (Phi) is 8.32. The largest absolute Gasteiger partial charge is 0.463 e. The van der Waals surface area contributed by atoms with Gasteiger partial charge in [-0.2, -0.15) is 0 Å². The monoisotopic (exact) mass is 490 g/mol. The molecule has 3 fully saturated rings. The van der Waals surface area contributed by atoms with E-state index in [9.17, 15) is 24.0 Å². The molecule has 0 aromatic rings. The van der Waals surface area contributed by atoms with Crippen molar-refractivity contribution in [2.45, 2.75) is 81.6 Å². The number of hydrogen-bond acceptors (Lipinski definition) is 13. The van der Waals surface area contributed by atoms with Gasteiger partial charge in [-0.15, -0.1) is 11.8 Å². The van der Waals surface area contributed by atoms with E-state index in [2.05, 4.69) is 0 Å². The summed E-state index contributed by atoms with van der Waals surface area (Å²) < 4.78 is 38.2. The number of hydrogen-bond donors (Lipinski definition) is 0. The first-order valence-corrected chi connectivity index (χ1v) is 11.2. The number of rotatable bonds is 7. The lowest BCUT2D eigenvalue weighted by Gasteiger charge is -2.45. The lowest BCUT2D eigenvalue weighted by atomic mass is 9.99. The minimum atomic E-state index is -1.25. The van der Waals surface area contributed by atoms with Crippen LogP contribution in [0.15, 0.2) is 0 Å². The molecule has 3 heterocycles. The average Bonchev–Trinajstić information content (AvgIpc) is 3.14. The van der Waals surface area contributed by atoms with E-state index in [0.29, 0.717) is 0 Å². The van der Waals surface area contributed by atoms with Gasteiger partial charge in [0, 0.05) is 39.4 Å². The summed E-state index contributed by atoms with van der Waals surface area (Å²) >= 11 is 1.15. The maximum absolute atomic E-state index is 12.2. The van der Waals surface area contributed by atoms with Gasteiger partial charge in [0.1, 0.15) is 18.1 Å². The van der Waals surface area contributed by atoms with Gasteiger partial charge in [-0.25, -0.2) is 0 Å². The number of Topliss-reactive ketones (excluding diaryl/α,β-unsaturated/α-hetero) is 1. The minimum absolute atomic E-state index is 0.132. The highest BCUT2D eigenvalue weighted by Crippen LogP contribution is 2.41. The molecule has 2 bridgehead atoms. The number of carbonyl (C=O) groups is 5. The Morgan fingerprint density at radius 1 is 0.879 bits per heavy atom. The van der Waals surface area contributed by atoms with Crippen molar-refractivity contribution in [3.63, 3.8) is 0 Å². The van der Waals surface area contributed by atoms with Gasteiger partial charge >= 0.3 is 23.9 Å². The van der Waals surface area contributed by atoms with E-state index >= 15 is 0 Å². The molecular formula is C20H26O12S. The maximum atomic E-state index is 12.2. The molecule has 0 radical (unpaired) electrons. The first-order valence-electron chi connectivity index (χ1n) is 10.3. The summed E-state index contributed by atoms with van der Waals surface area (Å²) in [6.07, 6.45) is -5.87. The van der Waals surface area contributed by atoms with Crippen LogP contribution < -0.4 is 0 Å². The van der Waals surface area contributed by atoms with Crippen LogP contribution in [0, 0.1) is 0 Å². The molecule has 3 saturated heterocycles. The summed E-state index contributed by atoms with van der Waals surface area (Å²) in [4.78, 5) is 59.1. The van der Waals surface area contributed by atoms with Gasteiger partial charge in [0.2, 0.25) is 6.29 Å². The van der Waals surface area contributed by atoms with Crippen LogP contribution in [-0.2, 0) is 57.1 Å². The molecule has 0 aromatic heterocycles. The number of ketones is 1. The van der Waals surface area contributed by atoms with Gasteiger partial charge in [-0.05, 0) is 0 Å². The predicted molar refractivity (Wildman–Crippen MR) is 108 cm³/mol. The van der Waals surface area contributed by atoms with E-state index < -0.39 is 71.4 Å². The fourth-order valence-electron chi connectivity index (χ4n) is 3.82. The SMILES string of the molecule is CC(=O)OC[C@H]1O[C@@H](S[C@H]2CC(=O)[C@@H]3OC[C@H]2O3)[C@H](OC(C)=O)[C@@H](OC(C)=O)[C@@H]1OC(C)=O. The number of ether oxygens (including phenoxy) is 7. The minimum Gasteiger partial charge on any atom is -0.463 e. The number of fused-ring (bicyclic) bond motifs is 2. The first kappa shape index (κ1) is 25.4. The Labute approximate surface area is 193 Å². The molecule has 0 aliphatic carbocycles. The van der Waals surface area contributed by atoms with Crippen LogP contribution in [0.25, 0.3) is 0 Å². The van der Waals surface area contributed by atoms with Gasteiger partial charge in [-0.1, -0.05) is 0 Å². The topological polar surface area (TPSA) is 150 Å². The molecule has 3 aliphatic rings. The van der Waals surface area contributed by atoms with E-state index in [-0.39, 0.29) is 25.4 Å². The molecule has 0 N–H and O–H groups in total. The number of esters is 4. The summed E-state index contributed by atoms with van der Waals surface area (Å²) in [6, 6.07) is 0. The Bertz CT molecular complexity index is 800. The van der Waals surface area contributed by atoms with E-state index in [1.165, 1.54) is 13.8 Å². The predicted octanol–water partition coefficient (Wildman–Crippen LogP) is -0.114. The standard InChI is InChI=1S/C20H26O12S/c1-8(21)26-7-14-16(28-9(2)22)17(29-10(3)23)18(30-11(4)24)20(32-14)33-15-5-12(25)19-27-6-13(15)31-19/h13-20H,5-7H2,1-4H3/t13-,14-,15+,16-,17+,18-,19-,20+/m1/s1. The van der Waals surface area contributed by atoms with Crippen LogP contribution in [0.3, 0.4) is 0 Å². The molecule has 0 spiro atoms. The Balaban J connectivity index is 1.91. The van der Waals surface area contributed by atoms with Crippen molar-refractivity contribution < 1.29 is 57.1 Å². The highest BCUT2D eigenvalue weighted by atomic mass is 32.2. The van der Waals surface area contributed by atoms with Crippen LogP contribution in [0.1, 0.15) is 34.1 Å². The van der Waals surface area contributed by atoms with Crippen LogP contribution in [0.2, 0.25) is 0 Å². The van der Waals surface area contributed by atoms with Crippen molar-refractivity contribution in [3.8, 4) is 0 Å². The Morgan fingerprint density at radius 2 is 1.48 bits per heavy atom. The fraction of sp³-hybridized carbons (Fsp3) is 0.750. The fourth-order valence-corrected chi connectivity index (χ4v) is 5.31. The molecule has 8 atom stereocenters. The molecule has 0 aromatic carbocycles. The molecule has 0 amide bonds. The zero-order chi connectivity index (χ0) is 24.3. The van der Waals surface area contributed by atoms with Gasteiger partial charge in [0.05, 0.1) is 12.7 Å². The van der Waals surface area contributed by atoms with Crippen molar-refractivity contribution >= 4 is 41.4 Å². The summed E-state index contributed by atoms with van der Waals surface area (Å²) in [5, 5.41) is -0.406. The molecular weight excluding hydrogens is 464 g/mol. The van der Waals surface area contributed by atoms with Crippen molar-refractivity contribution in [3.05, 3.63) is 0 Å². The molecule has 184 valence electrons. The van der Waals surface area contributed by atoms with Crippen LogP contribution >= 0.6 is 11.8 Å². The summed E-state index contributed by atoms with van der Waals surface area (Å²) in [7, 11) is 0. The summed E-state index contributed by atoms with van der Waals surface area (Å²) in [6.45, 7) is 4.56. The van der Waals surface area contributed by atoms with Crippen molar-refractivity contribution in [1.29, 1.82) is 0 Å². The van der Waals surface area contributed by atoms with Gasteiger partial charge in [-0.3, -0.25) is 24.0 Å². The second kappa shape index (κ2) is 10.8. The molecule has 33 heavy (non-hydrogen) atoms. The third-order valence-corrected chi connectivity index (χ3v) is 6.51. The molecule has 12 nitrogen and oxygen atoms in total. The number of thioether (sulfide) groups is 1. The summed E-state index contributed by atoms with van der Waals surface area (Å²) in [5.74, 6) is -2.94. The zero-order valence-electron chi connectivity index (χ0n) is 18.5. The highest BCUT2D eigenvalue weighted by molar-refractivity contribution is 8.00. The molecule has 13 heteroatoms. The normalized spacial score (nSPS) is 35.5.